The Morgan fingerprint density at radius 3 is 2.64 bits per heavy atom. The van der Waals surface area contributed by atoms with Crippen molar-refractivity contribution in [2.75, 3.05) is 20.2 Å². The number of piperazine rings is 1. The molecule has 0 aliphatic carbocycles. The lowest BCUT2D eigenvalue weighted by Crippen LogP contribution is -2.56. The van der Waals surface area contributed by atoms with Gasteiger partial charge in [-0.2, -0.15) is 0 Å². The number of methoxy groups -OCH3 is 1. The molecule has 0 aromatic carbocycles. The summed E-state index contributed by atoms with van der Waals surface area (Å²) in [6.07, 6.45) is 0. The quantitative estimate of drug-likeness (QED) is 0.486. The van der Waals surface area contributed by atoms with E-state index in [9.17, 15) is 4.79 Å². The molecule has 0 aromatic rings. The SMILES string of the molecule is COC(=O)C1CNC(C)CN1. The molecule has 4 heteroatoms. The Labute approximate surface area is 66.3 Å². The summed E-state index contributed by atoms with van der Waals surface area (Å²) in [7, 11) is 1.40. The second-order valence-corrected chi connectivity index (χ2v) is 2.79. The molecule has 11 heavy (non-hydrogen) atoms. The van der Waals surface area contributed by atoms with Crippen molar-refractivity contribution in [1.82, 2.24) is 10.6 Å². The van der Waals surface area contributed by atoms with Gasteiger partial charge in [0, 0.05) is 19.1 Å². The van der Waals surface area contributed by atoms with Crippen LogP contribution >= 0.6 is 0 Å². The number of hydrogen-bond donors (Lipinski definition) is 2. The summed E-state index contributed by atoms with van der Waals surface area (Å²) in [5.74, 6) is -0.190. The molecule has 64 valence electrons. The molecule has 1 saturated heterocycles. The third kappa shape index (κ3) is 2.17. The van der Waals surface area contributed by atoms with E-state index < -0.39 is 0 Å². The Bertz CT molecular complexity index is 141. The van der Waals surface area contributed by atoms with Crippen molar-refractivity contribution in [3.05, 3.63) is 0 Å². The highest BCUT2D eigenvalue weighted by Crippen LogP contribution is 1.94. The van der Waals surface area contributed by atoms with E-state index in [0.717, 1.165) is 6.54 Å². The topological polar surface area (TPSA) is 50.4 Å². The molecular weight excluding hydrogens is 144 g/mol. The number of esters is 1. The van der Waals surface area contributed by atoms with Crippen LogP contribution in [0, 0.1) is 0 Å². The average Bonchev–Trinajstić information content (AvgIpc) is 2.05. The minimum Gasteiger partial charge on any atom is -0.468 e. The van der Waals surface area contributed by atoms with E-state index in [1.165, 1.54) is 7.11 Å². The highest BCUT2D eigenvalue weighted by Gasteiger charge is 2.23. The van der Waals surface area contributed by atoms with Crippen LogP contribution in [-0.4, -0.2) is 38.3 Å². The van der Waals surface area contributed by atoms with Crippen molar-refractivity contribution in [2.24, 2.45) is 0 Å². The van der Waals surface area contributed by atoms with Crippen molar-refractivity contribution in [3.63, 3.8) is 0 Å². The molecule has 1 rings (SSSR count). The van der Waals surface area contributed by atoms with Gasteiger partial charge < -0.3 is 15.4 Å². The fraction of sp³-hybridized carbons (Fsp3) is 0.857. The molecule has 0 saturated carbocycles. The Hall–Kier alpha value is -0.610. The van der Waals surface area contributed by atoms with Gasteiger partial charge in [0.15, 0.2) is 0 Å². The maximum absolute atomic E-state index is 10.9. The summed E-state index contributed by atoms with van der Waals surface area (Å²) in [6.45, 7) is 3.55. The van der Waals surface area contributed by atoms with Crippen LogP contribution in [0.15, 0.2) is 0 Å². The lowest BCUT2D eigenvalue weighted by molar-refractivity contribution is -0.143. The highest BCUT2D eigenvalue weighted by molar-refractivity contribution is 5.76. The Kier molecular flexibility index (Phi) is 2.84. The summed E-state index contributed by atoms with van der Waals surface area (Å²) in [6, 6.07) is 0.270. The van der Waals surface area contributed by atoms with Gasteiger partial charge >= 0.3 is 5.97 Å². The van der Waals surface area contributed by atoms with Crippen LogP contribution in [0.5, 0.6) is 0 Å². The number of carbonyl (C=O) groups is 1. The molecule has 2 atom stereocenters. The molecule has 1 aliphatic rings. The fourth-order valence-corrected chi connectivity index (χ4v) is 1.09. The van der Waals surface area contributed by atoms with Gasteiger partial charge in [-0.1, -0.05) is 0 Å². The van der Waals surface area contributed by atoms with Gasteiger partial charge in [-0.05, 0) is 6.92 Å². The number of hydrogen-bond acceptors (Lipinski definition) is 4. The van der Waals surface area contributed by atoms with Gasteiger partial charge in [0.2, 0.25) is 0 Å². The highest BCUT2D eigenvalue weighted by atomic mass is 16.5. The number of nitrogens with one attached hydrogen (secondary N) is 2. The normalized spacial score (nSPS) is 31.5. The smallest absolute Gasteiger partial charge is 0.324 e. The first-order valence-corrected chi connectivity index (χ1v) is 3.78. The van der Waals surface area contributed by atoms with Crippen LogP contribution in [0.2, 0.25) is 0 Å². The number of rotatable bonds is 1. The fourth-order valence-electron chi connectivity index (χ4n) is 1.09. The van der Waals surface area contributed by atoms with E-state index >= 15 is 0 Å². The molecule has 2 unspecified atom stereocenters. The summed E-state index contributed by atoms with van der Waals surface area (Å²) >= 11 is 0. The molecule has 4 nitrogen and oxygen atoms in total. The van der Waals surface area contributed by atoms with E-state index in [1.807, 2.05) is 0 Å². The zero-order chi connectivity index (χ0) is 8.27. The largest absolute Gasteiger partial charge is 0.468 e. The summed E-state index contributed by atoms with van der Waals surface area (Å²) in [5.41, 5.74) is 0. The zero-order valence-corrected chi connectivity index (χ0v) is 6.89. The molecular formula is C7H14N2O2. The van der Waals surface area contributed by atoms with Gasteiger partial charge in [0.25, 0.3) is 0 Å². The minimum atomic E-state index is -0.190. The van der Waals surface area contributed by atoms with E-state index in [-0.39, 0.29) is 12.0 Å². The molecule has 2 N–H and O–H groups in total. The molecule has 1 heterocycles. The minimum absolute atomic E-state index is 0.170. The van der Waals surface area contributed by atoms with Gasteiger partial charge in [-0.25, -0.2) is 0 Å². The predicted octanol–water partition coefficient (Wildman–Crippen LogP) is -0.891. The van der Waals surface area contributed by atoms with Crippen LogP contribution in [0.1, 0.15) is 6.92 Å². The number of ether oxygens (including phenoxy) is 1. The summed E-state index contributed by atoms with van der Waals surface area (Å²) in [4.78, 5) is 10.9. The van der Waals surface area contributed by atoms with E-state index in [0.29, 0.717) is 12.6 Å². The molecule has 1 aliphatic heterocycles. The van der Waals surface area contributed by atoms with Crippen molar-refractivity contribution in [2.45, 2.75) is 19.0 Å². The molecule has 0 radical (unpaired) electrons. The van der Waals surface area contributed by atoms with Crippen molar-refractivity contribution >= 4 is 5.97 Å². The second-order valence-electron chi connectivity index (χ2n) is 2.79. The molecule has 0 spiro atoms. The Balaban J connectivity index is 2.33. The Morgan fingerprint density at radius 1 is 1.45 bits per heavy atom. The maximum atomic E-state index is 10.9. The van der Waals surface area contributed by atoms with Crippen LogP contribution in [0.3, 0.4) is 0 Å². The van der Waals surface area contributed by atoms with Crippen molar-refractivity contribution in [3.8, 4) is 0 Å². The number of carbonyl (C=O) groups excluding carboxylic acids is 1. The molecule has 0 aromatic heterocycles. The van der Waals surface area contributed by atoms with E-state index in [2.05, 4.69) is 22.3 Å². The van der Waals surface area contributed by atoms with Crippen molar-refractivity contribution in [1.29, 1.82) is 0 Å². The van der Waals surface area contributed by atoms with Crippen molar-refractivity contribution < 1.29 is 9.53 Å². The van der Waals surface area contributed by atoms with Crippen LogP contribution in [0.4, 0.5) is 0 Å². The summed E-state index contributed by atoms with van der Waals surface area (Å²) in [5, 5.41) is 6.27. The first-order chi connectivity index (χ1) is 5.24. The lowest BCUT2D eigenvalue weighted by atomic mass is 10.2. The van der Waals surface area contributed by atoms with E-state index in [4.69, 9.17) is 0 Å². The molecule has 1 fully saturated rings. The summed E-state index contributed by atoms with van der Waals surface area (Å²) < 4.78 is 4.58. The van der Waals surface area contributed by atoms with Gasteiger partial charge in [0.1, 0.15) is 6.04 Å². The second kappa shape index (κ2) is 3.69. The zero-order valence-electron chi connectivity index (χ0n) is 6.89. The lowest BCUT2D eigenvalue weighted by Gasteiger charge is -2.26. The Morgan fingerprint density at radius 2 is 2.18 bits per heavy atom. The first-order valence-electron chi connectivity index (χ1n) is 3.78. The van der Waals surface area contributed by atoms with Crippen LogP contribution in [0.25, 0.3) is 0 Å². The monoisotopic (exact) mass is 158 g/mol. The third-order valence-corrected chi connectivity index (χ3v) is 1.83. The standard InChI is InChI=1S/C7H14N2O2/c1-5-3-9-6(4-8-5)7(10)11-2/h5-6,8-9H,3-4H2,1-2H3. The predicted molar refractivity (Wildman–Crippen MR) is 41.3 cm³/mol. The van der Waals surface area contributed by atoms with Crippen LogP contribution in [-0.2, 0) is 9.53 Å². The van der Waals surface area contributed by atoms with Gasteiger partial charge in [-0.3, -0.25) is 4.79 Å². The maximum Gasteiger partial charge on any atom is 0.324 e. The first kappa shape index (κ1) is 8.49. The molecule has 0 bridgehead atoms. The van der Waals surface area contributed by atoms with E-state index in [1.54, 1.807) is 0 Å². The average molecular weight is 158 g/mol. The third-order valence-electron chi connectivity index (χ3n) is 1.83. The van der Waals surface area contributed by atoms with Gasteiger partial charge in [-0.15, -0.1) is 0 Å². The van der Waals surface area contributed by atoms with Gasteiger partial charge in [0.05, 0.1) is 7.11 Å². The molecule has 0 amide bonds. The van der Waals surface area contributed by atoms with Crippen LogP contribution < -0.4 is 10.6 Å².